The van der Waals surface area contributed by atoms with Gasteiger partial charge < -0.3 is 4.74 Å². The number of halogens is 4. The van der Waals surface area contributed by atoms with Crippen molar-refractivity contribution in [3.63, 3.8) is 0 Å². The molecule has 0 aliphatic carbocycles. The van der Waals surface area contributed by atoms with Crippen LogP contribution in [0.2, 0.25) is 0 Å². The first-order chi connectivity index (χ1) is 12.4. The van der Waals surface area contributed by atoms with E-state index in [0.29, 0.717) is 16.8 Å². The third-order valence-corrected chi connectivity index (χ3v) is 4.21. The zero-order valence-corrected chi connectivity index (χ0v) is 13.6. The first-order valence-electron chi connectivity index (χ1n) is 7.83. The Morgan fingerprint density at radius 3 is 2.50 bits per heavy atom. The summed E-state index contributed by atoms with van der Waals surface area (Å²) in [5.74, 6) is -1.35. The Kier molecular flexibility index (Phi) is 3.68. The molecule has 0 N–H and O–H groups in total. The Morgan fingerprint density at radius 2 is 1.81 bits per heavy atom. The molecule has 3 nitrogen and oxygen atoms in total. The summed E-state index contributed by atoms with van der Waals surface area (Å²) in [6.45, 7) is 1.77. The van der Waals surface area contributed by atoms with Crippen LogP contribution in [0.1, 0.15) is 16.8 Å². The van der Waals surface area contributed by atoms with E-state index in [1.807, 2.05) is 0 Å². The summed E-state index contributed by atoms with van der Waals surface area (Å²) in [5, 5.41) is 0.0647. The van der Waals surface area contributed by atoms with E-state index in [0.717, 1.165) is 0 Å². The van der Waals surface area contributed by atoms with Gasteiger partial charge in [0.1, 0.15) is 17.9 Å². The van der Waals surface area contributed by atoms with Gasteiger partial charge in [0.25, 0.3) is 0 Å². The molecular formula is C19H12F4N2O. The minimum absolute atomic E-state index is 0.0647. The van der Waals surface area contributed by atoms with Crippen LogP contribution < -0.4 is 4.74 Å². The van der Waals surface area contributed by atoms with Crippen LogP contribution in [0, 0.1) is 12.9 Å². The fraction of sp³-hybridized carbons (Fsp3) is 0.158. The number of hydrogen-bond acceptors (Lipinski definition) is 3. The molecule has 0 fully saturated rings. The van der Waals surface area contributed by atoms with E-state index < -0.39 is 23.2 Å². The average molecular weight is 360 g/mol. The standard InChI is InChI=1S/C19H12F4N2O/c1-10-12-8-5-9-26-17(12)13-15(11-6-3-2-4-7-11)25-18(20)14(16(13)24-10)19(21,22)23/h2-8H,9H2,1H3. The largest absolute Gasteiger partial charge is 0.488 e. The fourth-order valence-corrected chi connectivity index (χ4v) is 3.10. The topological polar surface area (TPSA) is 35.0 Å². The van der Waals surface area contributed by atoms with E-state index >= 15 is 0 Å². The van der Waals surface area contributed by atoms with Crippen LogP contribution in [-0.2, 0) is 6.18 Å². The SMILES string of the molecule is Cc1nc2c(C(F)(F)F)c(F)nc(-c3ccccc3)c2c2c1C=CCO2. The van der Waals surface area contributed by atoms with Crippen LogP contribution in [0.5, 0.6) is 5.75 Å². The van der Waals surface area contributed by atoms with E-state index in [9.17, 15) is 17.6 Å². The Hall–Kier alpha value is -2.96. The van der Waals surface area contributed by atoms with Crippen LogP contribution in [0.3, 0.4) is 0 Å². The Labute approximate surface area is 146 Å². The number of nitrogens with zero attached hydrogens (tertiary/aromatic N) is 2. The number of aryl methyl sites for hydroxylation is 1. The van der Waals surface area contributed by atoms with Crippen LogP contribution in [0.25, 0.3) is 28.2 Å². The maximum absolute atomic E-state index is 14.4. The van der Waals surface area contributed by atoms with Gasteiger partial charge in [-0.1, -0.05) is 36.4 Å². The molecule has 132 valence electrons. The predicted octanol–water partition coefficient (Wildman–Crippen LogP) is 5.17. The lowest BCUT2D eigenvalue weighted by atomic mass is 9.99. The molecule has 0 spiro atoms. The summed E-state index contributed by atoms with van der Waals surface area (Å²) < 4.78 is 60.5. The van der Waals surface area contributed by atoms with Gasteiger partial charge in [-0.15, -0.1) is 0 Å². The van der Waals surface area contributed by atoms with Crippen molar-refractivity contribution < 1.29 is 22.3 Å². The number of benzene rings is 1. The van der Waals surface area contributed by atoms with Crippen molar-refractivity contribution in [3.8, 4) is 17.0 Å². The molecule has 7 heteroatoms. The van der Waals surface area contributed by atoms with E-state index in [1.165, 1.54) is 0 Å². The molecule has 1 aliphatic rings. The molecule has 0 saturated heterocycles. The molecule has 4 rings (SSSR count). The molecule has 26 heavy (non-hydrogen) atoms. The number of aromatic nitrogens is 2. The van der Waals surface area contributed by atoms with Gasteiger partial charge in [-0.3, -0.25) is 4.98 Å². The van der Waals surface area contributed by atoms with E-state index in [4.69, 9.17) is 4.74 Å². The van der Waals surface area contributed by atoms with Crippen molar-refractivity contribution >= 4 is 17.0 Å². The molecule has 1 aromatic carbocycles. The molecule has 3 aromatic rings. The second-order valence-electron chi connectivity index (χ2n) is 5.87. The summed E-state index contributed by atoms with van der Waals surface area (Å²) in [5.41, 5.74) is -0.506. The highest BCUT2D eigenvalue weighted by Gasteiger charge is 2.40. The van der Waals surface area contributed by atoms with Crippen LogP contribution in [0.4, 0.5) is 17.6 Å². The quantitative estimate of drug-likeness (QED) is 0.444. The summed E-state index contributed by atoms with van der Waals surface area (Å²) in [6.07, 6.45) is -1.44. The number of hydrogen-bond donors (Lipinski definition) is 0. The molecule has 0 atom stereocenters. The van der Waals surface area contributed by atoms with Gasteiger partial charge in [0.2, 0.25) is 5.95 Å². The van der Waals surface area contributed by atoms with Gasteiger partial charge >= 0.3 is 6.18 Å². The van der Waals surface area contributed by atoms with E-state index in [-0.39, 0.29) is 23.4 Å². The first kappa shape index (κ1) is 16.5. The highest BCUT2D eigenvalue weighted by Crippen LogP contribution is 2.44. The van der Waals surface area contributed by atoms with Gasteiger partial charge in [0, 0.05) is 16.8 Å². The lowest BCUT2D eigenvalue weighted by Crippen LogP contribution is -2.14. The van der Waals surface area contributed by atoms with Crippen molar-refractivity contribution in [3.05, 3.63) is 59.2 Å². The maximum atomic E-state index is 14.4. The lowest BCUT2D eigenvalue weighted by Gasteiger charge is -2.21. The highest BCUT2D eigenvalue weighted by atomic mass is 19.4. The number of alkyl halides is 3. The van der Waals surface area contributed by atoms with Gasteiger partial charge in [0.05, 0.1) is 16.6 Å². The summed E-state index contributed by atoms with van der Waals surface area (Å²) in [7, 11) is 0. The van der Waals surface area contributed by atoms with Crippen LogP contribution in [-0.4, -0.2) is 16.6 Å². The van der Waals surface area contributed by atoms with Crippen LogP contribution in [0.15, 0.2) is 36.4 Å². The molecular weight excluding hydrogens is 348 g/mol. The van der Waals surface area contributed by atoms with Gasteiger partial charge in [-0.25, -0.2) is 4.98 Å². The van der Waals surface area contributed by atoms with Gasteiger partial charge in [0.15, 0.2) is 0 Å². The Balaban J connectivity index is 2.22. The zero-order valence-electron chi connectivity index (χ0n) is 13.6. The second kappa shape index (κ2) is 5.79. The molecule has 1 aliphatic heterocycles. The number of pyridine rings is 2. The minimum atomic E-state index is -4.93. The normalized spacial score (nSPS) is 13.6. The number of rotatable bonds is 1. The zero-order chi connectivity index (χ0) is 18.5. The molecule has 0 unspecified atom stereocenters. The average Bonchev–Trinajstić information content (AvgIpc) is 2.60. The summed E-state index contributed by atoms with van der Waals surface area (Å²) >= 11 is 0. The number of ether oxygens (including phenoxy) is 1. The number of fused-ring (bicyclic) bond motifs is 3. The molecule has 0 saturated carbocycles. The third-order valence-electron chi connectivity index (χ3n) is 4.21. The smallest absolute Gasteiger partial charge is 0.422 e. The van der Waals surface area contributed by atoms with Crippen molar-refractivity contribution in [2.24, 2.45) is 0 Å². The minimum Gasteiger partial charge on any atom is -0.488 e. The summed E-state index contributed by atoms with van der Waals surface area (Å²) in [6, 6.07) is 8.46. The highest BCUT2D eigenvalue weighted by molar-refractivity contribution is 6.01. The molecule has 0 radical (unpaired) electrons. The predicted molar refractivity (Wildman–Crippen MR) is 89.2 cm³/mol. The summed E-state index contributed by atoms with van der Waals surface area (Å²) in [4.78, 5) is 7.72. The van der Waals surface area contributed by atoms with Gasteiger partial charge in [-0.05, 0) is 13.0 Å². The van der Waals surface area contributed by atoms with Crippen molar-refractivity contribution in [1.29, 1.82) is 0 Å². The lowest BCUT2D eigenvalue weighted by molar-refractivity contribution is -0.139. The van der Waals surface area contributed by atoms with Crippen LogP contribution >= 0.6 is 0 Å². The third kappa shape index (κ3) is 2.51. The van der Waals surface area contributed by atoms with E-state index in [2.05, 4.69) is 9.97 Å². The van der Waals surface area contributed by atoms with Crippen molar-refractivity contribution in [2.45, 2.75) is 13.1 Å². The van der Waals surface area contributed by atoms with Crippen molar-refractivity contribution in [1.82, 2.24) is 9.97 Å². The maximum Gasteiger partial charge on any atom is 0.422 e. The fourth-order valence-electron chi connectivity index (χ4n) is 3.10. The molecule has 2 aromatic heterocycles. The Bertz CT molecular complexity index is 1040. The monoisotopic (exact) mass is 360 g/mol. The second-order valence-corrected chi connectivity index (χ2v) is 5.87. The first-order valence-corrected chi connectivity index (χ1v) is 7.83. The van der Waals surface area contributed by atoms with E-state index in [1.54, 1.807) is 49.4 Å². The molecule has 0 bridgehead atoms. The Morgan fingerprint density at radius 1 is 1.08 bits per heavy atom. The van der Waals surface area contributed by atoms with Crippen molar-refractivity contribution in [2.75, 3.05) is 6.61 Å². The molecule has 3 heterocycles. The molecule has 0 amide bonds. The van der Waals surface area contributed by atoms with Gasteiger partial charge in [-0.2, -0.15) is 17.6 Å².